The lowest BCUT2D eigenvalue weighted by molar-refractivity contribution is 0.0885. The van der Waals surface area contributed by atoms with Crippen molar-refractivity contribution in [2.24, 2.45) is 5.92 Å². The Morgan fingerprint density at radius 2 is 1.86 bits per heavy atom. The van der Waals surface area contributed by atoms with Crippen LogP contribution in [-0.4, -0.2) is 61.6 Å². The number of hydrogen-bond donors (Lipinski definition) is 2. The molecule has 5 nitrogen and oxygen atoms in total. The van der Waals surface area contributed by atoms with E-state index in [2.05, 4.69) is 54.0 Å². The number of nitrogens with one attached hydrogen (secondary N) is 2. The van der Waals surface area contributed by atoms with E-state index in [4.69, 9.17) is 0 Å². The Morgan fingerprint density at radius 1 is 1.21 bits per heavy atom. The van der Waals surface area contributed by atoms with Crippen molar-refractivity contribution >= 4 is 11.6 Å². The molecule has 2 amide bonds. The van der Waals surface area contributed by atoms with Gasteiger partial charge < -0.3 is 15.5 Å². The maximum absolute atomic E-state index is 12.6. The van der Waals surface area contributed by atoms with Gasteiger partial charge in [0, 0.05) is 38.8 Å². The van der Waals surface area contributed by atoms with Crippen molar-refractivity contribution in [1.82, 2.24) is 20.4 Å². The molecule has 1 aliphatic rings. The zero-order valence-electron chi connectivity index (χ0n) is 18.5. The molecule has 156 valence electrons. The van der Waals surface area contributed by atoms with Crippen molar-refractivity contribution in [2.45, 2.75) is 46.2 Å². The molecule has 0 saturated carbocycles. The number of amides is 2. The Morgan fingerprint density at radius 3 is 2.43 bits per heavy atom. The summed E-state index contributed by atoms with van der Waals surface area (Å²) >= 11 is 0. The van der Waals surface area contributed by atoms with Crippen LogP contribution < -0.4 is 10.6 Å². The first kappa shape index (κ1) is 22.4. The minimum absolute atomic E-state index is 0.120. The van der Waals surface area contributed by atoms with Gasteiger partial charge in [-0.25, -0.2) is 4.79 Å². The highest BCUT2D eigenvalue weighted by Gasteiger charge is 2.27. The van der Waals surface area contributed by atoms with Gasteiger partial charge in [-0.1, -0.05) is 44.2 Å². The molecule has 1 aliphatic heterocycles. The van der Waals surface area contributed by atoms with Crippen LogP contribution in [0.1, 0.15) is 45.7 Å². The summed E-state index contributed by atoms with van der Waals surface area (Å²) in [6.07, 6.45) is 0. The summed E-state index contributed by atoms with van der Waals surface area (Å²) in [5.74, 6) is 0.490. The highest BCUT2D eigenvalue weighted by Crippen LogP contribution is 2.23. The van der Waals surface area contributed by atoms with Crippen LogP contribution >= 0.6 is 0 Å². The second-order valence-corrected chi connectivity index (χ2v) is 8.97. The molecule has 0 radical (unpaired) electrons. The standard InChI is InChI=1S/C23H38N4O/c1-17(2)19-9-8-10-20(15-19)23(5,6)25-22(28)24-16-21(18(3)4)27-13-11-26(7)12-14-27/h8-10,15,18,21H,1,11-14,16H2,2-7H3,(H2,24,25,28). The first-order valence-corrected chi connectivity index (χ1v) is 10.3. The zero-order valence-corrected chi connectivity index (χ0v) is 18.5. The summed E-state index contributed by atoms with van der Waals surface area (Å²) in [4.78, 5) is 17.5. The molecule has 2 N–H and O–H groups in total. The topological polar surface area (TPSA) is 47.6 Å². The zero-order chi connectivity index (χ0) is 20.9. The van der Waals surface area contributed by atoms with E-state index in [-0.39, 0.29) is 6.03 Å². The molecule has 1 fully saturated rings. The molecule has 0 bridgehead atoms. The van der Waals surface area contributed by atoms with Gasteiger partial charge in [-0.15, -0.1) is 0 Å². The number of nitrogens with zero attached hydrogens (tertiary/aromatic N) is 2. The van der Waals surface area contributed by atoms with Gasteiger partial charge in [-0.2, -0.15) is 0 Å². The summed E-state index contributed by atoms with van der Waals surface area (Å²) < 4.78 is 0. The van der Waals surface area contributed by atoms with Gasteiger partial charge in [-0.05, 0) is 50.9 Å². The lowest BCUT2D eigenvalue weighted by Gasteiger charge is -2.40. The minimum Gasteiger partial charge on any atom is -0.337 e. The summed E-state index contributed by atoms with van der Waals surface area (Å²) in [5.41, 5.74) is 2.73. The van der Waals surface area contributed by atoms with Crippen molar-refractivity contribution in [3.63, 3.8) is 0 Å². The van der Waals surface area contributed by atoms with Crippen LogP contribution in [0.3, 0.4) is 0 Å². The van der Waals surface area contributed by atoms with Crippen molar-refractivity contribution in [1.29, 1.82) is 0 Å². The molecule has 1 aromatic rings. The van der Waals surface area contributed by atoms with Crippen LogP contribution in [0.15, 0.2) is 30.8 Å². The number of hydrogen-bond acceptors (Lipinski definition) is 3. The molecule has 2 rings (SSSR count). The van der Waals surface area contributed by atoms with E-state index in [1.54, 1.807) is 0 Å². The highest BCUT2D eigenvalue weighted by molar-refractivity contribution is 5.75. The SMILES string of the molecule is C=C(C)c1cccc(C(C)(C)NC(=O)NCC(C(C)C)N2CCN(C)CC2)c1. The lowest BCUT2D eigenvalue weighted by Crippen LogP contribution is -2.56. The Hall–Kier alpha value is -1.85. The number of carbonyl (C=O) groups is 1. The van der Waals surface area contributed by atoms with Crippen molar-refractivity contribution in [2.75, 3.05) is 39.8 Å². The van der Waals surface area contributed by atoms with E-state index in [9.17, 15) is 4.79 Å². The predicted molar refractivity (Wildman–Crippen MR) is 118 cm³/mol. The third-order valence-corrected chi connectivity index (χ3v) is 5.75. The summed E-state index contributed by atoms with van der Waals surface area (Å²) in [5, 5.41) is 6.25. The van der Waals surface area contributed by atoms with Crippen LogP contribution in [0.5, 0.6) is 0 Å². The summed E-state index contributed by atoms with van der Waals surface area (Å²) in [7, 11) is 2.17. The first-order valence-electron chi connectivity index (χ1n) is 10.3. The number of rotatable bonds is 7. The summed E-state index contributed by atoms with van der Waals surface area (Å²) in [6, 6.07) is 8.45. The fourth-order valence-electron chi connectivity index (χ4n) is 3.71. The second kappa shape index (κ2) is 9.57. The third-order valence-electron chi connectivity index (χ3n) is 5.75. The molecule has 1 aromatic carbocycles. The normalized spacial score (nSPS) is 17.4. The molecular weight excluding hydrogens is 348 g/mol. The fraction of sp³-hybridized carbons (Fsp3) is 0.609. The number of benzene rings is 1. The Balaban J connectivity index is 1.96. The number of allylic oxidation sites excluding steroid dienone is 1. The molecule has 5 heteroatoms. The van der Waals surface area contributed by atoms with Crippen molar-refractivity contribution < 1.29 is 4.79 Å². The van der Waals surface area contributed by atoms with Gasteiger partial charge in [0.15, 0.2) is 0 Å². The van der Waals surface area contributed by atoms with Gasteiger partial charge in [0.25, 0.3) is 0 Å². The quantitative estimate of drug-likeness (QED) is 0.754. The molecular formula is C23H38N4O. The van der Waals surface area contributed by atoms with Gasteiger partial charge >= 0.3 is 6.03 Å². The minimum atomic E-state index is -0.462. The van der Waals surface area contributed by atoms with E-state index in [0.29, 0.717) is 18.5 Å². The Labute approximate surface area is 171 Å². The molecule has 1 unspecified atom stereocenters. The Kier molecular flexibility index (Phi) is 7.67. The van der Waals surface area contributed by atoms with Crippen LogP contribution in [0.25, 0.3) is 5.57 Å². The van der Waals surface area contributed by atoms with Crippen LogP contribution in [0.4, 0.5) is 4.79 Å². The maximum Gasteiger partial charge on any atom is 0.315 e. The van der Waals surface area contributed by atoms with Gasteiger partial charge in [0.2, 0.25) is 0 Å². The molecule has 1 heterocycles. The van der Waals surface area contributed by atoms with Gasteiger partial charge in [0.05, 0.1) is 5.54 Å². The average molecular weight is 387 g/mol. The molecule has 0 spiro atoms. The second-order valence-electron chi connectivity index (χ2n) is 8.97. The number of urea groups is 1. The van der Waals surface area contributed by atoms with Gasteiger partial charge in [-0.3, -0.25) is 4.90 Å². The fourth-order valence-corrected chi connectivity index (χ4v) is 3.71. The number of carbonyl (C=O) groups excluding carboxylic acids is 1. The smallest absolute Gasteiger partial charge is 0.315 e. The van der Waals surface area contributed by atoms with E-state index in [1.165, 1.54) is 0 Å². The highest BCUT2D eigenvalue weighted by atomic mass is 16.2. The van der Waals surface area contributed by atoms with Crippen LogP contribution in [0, 0.1) is 5.92 Å². The third kappa shape index (κ3) is 6.08. The average Bonchev–Trinajstić information content (AvgIpc) is 2.62. The van der Waals surface area contributed by atoms with E-state index in [1.807, 2.05) is 39.0 Å². The molecule has 28 heavy (non-hydrogen) atoms. The monoisotopic (exact) mass is 386 g/mol. The van der Waals surface area contributed by atoms with Crippen LogP contribution in [0.2, 0.25) is 0 Å². The Bertz CT molecular complexity index is 675. The van der Waals surface area contributed by atoms with E-state index >= 15 is 0 Å². The van der Waals surface area contributed by atoms with Gasteiger partial charge in [0.1, 0.15) is 0 Å². The lowest BCUT2D eigenvalue weighted by atomic mass is 9.92. The van der Waals surface area contributed by atoms with Crippen molar-refractivity contribution in [3.05, 3.63) is 42.0 Å². The molecule has 1 atom stereocenters. The molecule has 1 saturated heterocycles. The van der Waals surface area contributed by atoms with E-state index in [0.717, 1.165) is 42.9 Å². The predicted octanol–water partition coefficient (Wildman–Crippen LogP) is 3.53. The largest absolute Gasteiger partial charge is 0.337 e. The van der Waals surface area contributed by atoms with Crippen molar-refractivity contribution in [3.8, 4) is 0 Å². The number of likely N-dealkylation sites (N-methyl/N-ethyl adjacent to an activating group) is 1. The number of piperazine rings is 1. The molecule has 0 aromatic heterocycles. The first-order chi connectivity index (χ1) is 13.1. The molecule has 0 aliphatic carbocycles. The van der Waals surface area contributed by atoms with Crippen LogP contribution in [-0.2, 0) is 5.54 Å². The summed E-state index contributed by atoms with van der Waals surface area (Å²) in [6.45, 7) is 19.5. The van der Waals surface area contributed by atoms with E-state index < -0.39 is 5.54 Å². The maximum atomic E-state index is 12.6.